The van der Waals surface area contributed by atoms with Crippen molar-refractivity contribution in [1.82, 2.24) is 0 Å². The summed E-state index contributed by atoms with van der Waals surface area (Å²) in [6, 6.07) is -3.61. The van der Waals surface area contributed by atoms with Gasteiger partial charge >= 0.3 is 5.97 Å². The number of carbonyl (C=O) groups is 1. The van der Waals surface area contributed by atoms with Crippen LogP contribution in [0.1, 0.15) is 33.8 Å². The van der Waals surface area contributed by atoms with Crippen molar-refractivity contribution in [3.63, 3.8) is 0 Å². The summed E-state index contributed by atoms with van der Waals surface area (Å²) in [5.41, 5.74) is 4.89. The predicted molar refractivity (Wildman–Crippen MR) is 35.1 cm³/mol. The predicted octanol–water partition coefficient (Wildman–Crippen LogP) is 0.444. The lowest BCUT2D eigenvalue weighted by molar-refractivity contribution is -0.138. The topological polar surface area (TPSA) is 63.3 Å². The van der Waals surface area contributed by atoms with Gasteiger partial charge in [0.1, 0.15) is 6.02 Å². The quantitative estimate of drug-likeness (QED) is 0.599. The lowest BCUT2D eigenvalue weighted by Gasteiger charge is -2.07. The standard InChI is InChI=1S/C6H13NO2/c1-4(2)3-5(7)6(8)9/h4-5H,3,7H2,1-2H3,(H,8,9)/t5-/m0/s1/i1D3,2D3,3D2,4D,5D. The van der Waals surface area contributed by atoms with Gasteiger partial charge in [-0.2, -0.15) is 0 Å². The second kappa shape index (κ2) is 3.45. The van der Waals surface area contributed by atoms with E-state index in [1.807, 2.05) is 0 Å². The molecule has 0 rings (SSSR count). The third-order valence-corrected chi connectivity index (χ3v) is 0.490. The minimum Gasteiger partial charge on any atom is -0.480 e. The van der Waals surface area contributed by atoms with Gasteiger partial charge in [0.15, 0.2) is 0 Å². The molecule has 0 fully saturated rings. The minimum atomic E-state index is -3.87. The molecule has 54 valence electrons. The van der Waals surface area contributed by atoms with Crippen LogP contribution >= 0.6 is 0 Å². The van der Waals surface area contributed by atoms with Gasteiger partial charge in [0.25, 0.3) is 0 Å². The van der Waals surface area contributed by atoms with E-state index >= 15 is 0 Å². The Morgan fingerprint density at radius 1 is 2.11 bits per heavy atom. The fourth-order valence-electron chi connectivity index (χ4n) is 0.188. The number of carboxylic acids is 1. The minimum absolute atomic E-state index is 2.28. The second-order valence-electron chi connectivity index (χ2n) is 1.22. The highest BCUT2D eigenvalue weighted by Gasteiger charge is 2.11. The highest BCUT2D eigenvalue weighted by molar-refractivity contribution is 5.72. The molecule has 1 atom stereocenters. The molecule has 0 saturated carbocycles. The van der Waals surface area contributed by atoms with Gasteiger partial charge in [0, 0.05) is 12.3 Å². The Hall–Kier alpha value is -0.570. The molecule has 0 heterocycles. The average molecular weight is 141 g/mol. The van der Waals surface area contributed by atoms with E-state index in [9.17, 15) is 4.79 Å². The zero-order chi connectivity index (χ0) is 16.1. The Morgan fingerprint density at radius 2 is 2.67 bits per heavy atom. The monoisotopic (exact) mass is 141 g/mol. The fraction of sp³-hybridized carbons (Fsp3) is 0.833. The molecule has 3 N–H and O–H groups in total. The van der Waals surface area contributed by atoms with E-state index in [0.29, 0.717) is 0 Å². The maximum absolute atomic E-state index is 10.8. The Balaban J connectivity index is 6.29. The Labute approximate surface area is 68.9 Å². The molecule has 0 aliphatic carbocycles. The SMILES string of the molecule is [2H]C([2H])([2H])C([2H])(C([2H])([2H])[2H])C([2H])([2H])[C@]([2H])(N)C(=O)O. The summed E-state index contributed by atoms with van der Waals surface area (Å²) in [6.45, 7) is -7.44. The molecular formula is C6H13NO2. The number of carboxylic acid groups (broad SMARTS) is 1. The third kappa shape index (κ3) is 3.97. The van der Waals surface area contributed by atoms with Crippen molar-refractivity contribution >= 4 is 5.97 Å². The first-order valence-electron chi connectivity index (χ1n) is 6.97. The Bertz CT molecular complexity index is 355. The van der Waals surface area contributed by atoms with Crippen molar-refractivity contribution in [3.05, 3.63) is 0 Å². The van der Waals surface area contributed by atoms with E-state index < -0.39 is 38.0 Å². The molecule has 0 unspecified atom stereocenters. The van der Waals surface area contributed by atoms with Gasteiger partial charge in [-0.3, -0.25) is 4.79 Å². The highest BCUT2D eigenvalue weighted by atomic mass is 16.4. The van der Waals surface area contributed by atoms with Crippen LogP contribution in [0, 0.1) is 5.89 Å². The number of hydrogen-bond donors (Lipinski definition) is 2. The molecular weight excluding hydrogens is 118 g/mol. The van der Waals surface area contributed by atoms with E-state index in [4.69, 9.17) is 24.5 Å². The summed E-state index contributed by atoms with van der Waals surface area (Å²) in [4.78, 5) is 10.8. The van der Waals surface area contributed by atoms with Crippen molar-refractivity contribution in [2.75, 3.05) is 0 Å². The molecule has 0 radical (unpaired) electrons. The van der Waals surface area contributed by atoms with Crippen LogP contribution in [0.25, 0.3) is 0 Å². The molecule has 0 saturated heterocycles. The molecule has 0 aliphatic rings. The van der Waals surface area contributed by atoms with E-state index in [1.165, 1.54) is 0 Å². The molecule has 3 heteroatoms. The van der Waals surface area contributed by atoms with Gasteiger partial charge in [-0.1, -0.05) is 13.7 Å². The average Bonchev–Trinajstić information content (AvgIpc) is 2.11. The summed E-state index contributed by atoms with van der Waals surface area (Å²) in [7, 11) is 0. The Kier molecular flexibility index (Phi) is 0.588. The van der Waals surface area contributed by atoms with Gasteiger partial charge < -0.3 is 10.8 Å². The molecule has 0 aromatic heterocycles. The normalized spacial score (nSPS) is 39.2. The van der Waals surface area contributed by atoms with Crippen LogP contribution in [0.3, 0.4) is 0 Å². The molecule has 0 bridgehead atoms. The summed E-state index contributed by atoms with van der Waals surface area (Å²) in [5.74, 6) is -6.15. The van der Waals surface area contributed by atoms with Gasteiger partial charge in [-0.15, -0.1) is 0 Å². The van der Waals surface area contributed by atoms with E-state index in [1.54, 1.807) is 0 Å². The second-order valence-corrected chi connectivity index (χ2v) is 1.22. The van der Waals surface area contributed by atoms with E-state index in [2.05, 4.69) is 0 Å². The highest BCUT2D eigenvalue weighted by Crippen LogP contribution is 2.01. The van der Waals surface area contributed by atoms with Crippen molar-refractivity contribution < 1.29 is 23.6 Å². The van der Waals surface area contributed by atoms with Crippen LogP contribution in [-0.4, -0.2) is 17.1 Å². The first kappa shape index (κ1) is 1.53. The number of nitrogens with two attached hydrogens (primary N) is 1. The molecule has 9 heavy (non-hydrogen) atoms. The maximum Gasteiger partial charge on any atom is 0.320 e. The molecule has 0 amide bonds. The third-order valence-electron chi connectivity index (χ3n) is 0.490. The van der Waals surface area contributed by atoms with Crippen LogP contribution in [0.15, 0.2) is 0 Å². The van der Waals surface area contributed by atoms with Crippen LogP contribution in [0.4, 0.5) is 0 Å². The Morgan fingerprint density at radius 3 is 3.00 bits per heavy atom. The molecule has 0 spiro atoms. The van der Waals surface area contributed by atoms with Crippen molar-refractivity contribution in [2.24, 2.45) is 11.6 Å². The number of aliphatic carboxylic acids is 1. The van der Waals surface area contributed by atoms with Crippen LogP contribution in [0.2, 0.25) is 0 Å². The lowest BCUT2D eigenvalue weighted by Crippen LogP contribution is -2.31. The maximum atomic E-state index is 10.8. The van der Waals surface area contributed by atoms with Crippen LogP contribution in [0.5, 0.6) is 0 Å². The van der Waals surface area contributed by atoms with Crippen molar-refractivity contribution in [3.8, 4) is 0 Å². The van der Waals surface area contributed by atoms with Gasteiger partial charge in [0.2, 0.25) is 0 Å². The van der Waals surface area contributed by atoms with E-state index in [0.717, 1.165) is 0 Å². The van der Waals surface area contributed by atoms with E-state index in [-0.39, 0.29) is 0 Å². The van der Waals surface area contributed by atoms with Crippen LogP contribution in [-0.2, 0) is 4.79 Å². The summed E-state index contributed by atoms with van der Waals surface area (Å²) >= 11 is 0. The molecule has 0 aromatic carbocycles. The van der Waals surface area contributed by atoms with Gasteiger partial charge in [-0.25, -0.2) is 0 Å². The summed E-state index contributed by atoms with van der Waals surface area (Å²) < 4.78 is 71.7. The first-order valence-corrected chi connectivity index (χ1v) is 1.97. The van der Waals surface area contributed by atoms with Gasteiger partial charge in [0.05, 0.1) is 1.37 Å². The summed E-state index contributed by atoms with van der Waals surface area (Å²) in [5, 5.41) is 8.67. The molecule has 0 aromatic rings. The zero-order valence-electron chi connectivity index (χ0n) is 14.4. The van der Waals surface area contributed by atoms with Crippen LogP contribution < -0.4 is 5.73 Å². The molecule has 3 nitrogen and oxygen atoms in total. The first-order chi connectivity index (χ1) is 7.94. The van der Waals surface area contributed by atoms with Crippen molar-refractivity contribution in [1.29, 1.82) is 0 Å². The lowest BCUT2D eigenvalue weighted by atomic mass is 10.1. The zero-order valence-corrected chi connectivity index (χ0v) is 4.43. The van der Waals surface area contributed by atoms with Gasteiger partial charge in [-0.05, 0) is 12.3 Å². The number of hydrogen-bond acceptors (Lipinski definition) is 2. The summed E-state index contributed by atoms with van der Waals surface area (Å²) in [6.07, 6.45) is -3.87. The largest absolute Gasteiger partial charge is 0.480 e. The molecule has 0 aliphatic heterocycles. The number of rotatable bonds is 3. The smallest absolute Gasteiger partial charge is 0.320 e. The fourth-order valence-corrected chi connectivity index (χ4v) is 0.188. The van der Waals surface area contributed by atoms with Crippen molar-refractivity contribution in [2.45, 2.75) is 26.1 Å².